The van der Waals surface area contributed by atoms with Crippen molar-refractivity contribution in [1.82, 2.24) is 30.0 Å². The molecule has 1 atom stereocenters. The number of aromatic nitrogens is 4. The van der Waals surface area contributed by atoms with Crippen molar-refractivity contribution < 1.29 is 13.6 Å². The zero-order valence-electron chi connectivity index (χ0n) is 17.3. The molecule has 0 bridgehead atoms. The molecule has 1 N–H and O–H groups in total. The monoisotopic (exact) mass is 419 g/mol. The number of amides is 1. The van der Waals surface area contributed by atoms with Gasteiger partial charge in [0.15, 0.2) is 0 Å². The third-order valence-electron chi connectivity index (χ3n) is 5.84. The van der Waals surface area contributed by atoms with Gasteiger partial charge in [0.25, 0.3) is 6.43 Å². The Labute approximate surface area is 174 Å². The highest BCUT2D eigenvalue weighted by Crippen LogP contribution is 2.33. The molecule has 1 amide bonds. The first-order chi connectivity index (χ1) is 14.5. The molecular formula is C20H27F2N7O. The van der Waals surface area contributed by atoms with E-state index in [0.717, 1.165) is 26.1 Å². The maximum absolute atomic E-state index is 13.8. The normalized spacial score (nSPS) is 19.3. The number of nitrogens with zero attached hydrogens (tertiary/aromatic N) is 6. The van der Waals surface area contributed by atoms with Gasteiger partial charge in [-0.25, -0.2) is 18.7 Å². The Kier molecular flexibility index (Phi) is 5.94. The van der Waals surface area contributed by atoms with Crippen LogP contribution in [0.3, 0.4) is 0 Å². The third-order valence-corrected chi connectivity index (χ3v) is 5.84. The van der Waals surface area contributed by atoms with Gasteiger partial charge in [0.05, 0.1) is 11.9 Å². The molecule has 2 aromatic rings. The molecule has 0 aliphatic carbocycles. The van der Waals surface area contributed by atoms with E-state index in [2.05, 4.69) is 20.4 Å². The lowest BCUT2D eigenvalue weighted by Gasteiger charge is -2.39. The van der Waals surface area contributed by atoms with Crippen molar-refractivity contribution in [3.63, 3.8) is 0 Å². The lowest BCUT2D eigenvalue weighted by molar-refractivity contribution is -0.132. The predicted octanol–water partition coefficient (Wildman–Crippen LogP) is 1.87. The lowest BCUT2D eigenvalue weighted by atomic mass is 10.0. The van der Waals surface area contributed by atoms with Gasteiger partial charge >= 0.3 is 0 Å². The van der Waals surface area contributed by atoms with E-state index in [0.29, 0.717) is 42.3 Å². The smallest absolute Gasteiger partial charge is 0.280 e. The topological polar surface area (TPSA) is 79.2 Å². The van der Waals surface area contributed by atoms with Gasteiger partial charge in [-0.3, -0.25) is 9.48 Å². The molecule has 0 spiro atoms. The first kappa shape index (κ1) is 20.6. The van der Waals surface area contributed by atoms with Crippen LogP contribution >= 0.6 is 0 Å². The molecule has 2 aromatic heterocycles. The first-order valence-corrected chi connectivity index (χ1v) is 10.4. The SMILES string of the molecule is CCc1c(-c2cnn(CC(=O)N3CCNCC3)c2)nc(N2CC[C@@H]2C)nc1C(F)F. The number of rotatable bonds is 6. The number of halogens is 2. The summed E-state index contributed by atoms with van der Waals surface area (Å²) in [7, 11) is 0. The van der Waals surface area contributed by atoms with Gasteiger partial charge < -0.3 is 15.1 Å². The van der Waals surface area contributed by atoms with Gasteiger partial charge in [-0.15, -0.1) is 0 Å². The Morgan fingerprint density at radius 3 is 2.63 bits per heavy atom. The molecule has 4 rings (SSSR count). The molecule has 30 heavy (non-hydrogen) atoms. The second-order valence-electron chi connectivity index (χ2n) is 7.78. The van der Waals surface area contributed by atoms with Crippen molar-refractivity contribution in [2.45, 2.75) is 45.7 Å². The Morgan fingerprint density at radius 1 is 1.27 bits per heavy atom. The molecule has 10 heteroatoms. The number of hydrogen-bond acceptors (Lipinski definition) is 6. The summed E-state index contributed by atoms with van der Waals surface area (Å²) in [5.41, 5.74) is 1.30. The number of alkyl halides is 2. The van der Waals surface area contributed by atoms with Crippen LogP contribution in [-0.2, 0) is 17.8 Å². The minimum absolute atomic E-state index is 0.00656. The van der Waals surface area contributed by atoms with Gasteiger partial charge in [0, 0.05) is 56.1 Å². The Bertz CT molecular complexity index is 911. The van der Waals surface area contributed by atoms with Crippen LogP contribution in [0.4, 0.5) is 14.7 Å². The van der Waals surface area contributed by atoms with Crippen molar-refractivity contribution in [1.29, 1.82) is 0 Å². The fourth-order valence-electron chi connectivity index (χ4n) is 3.92. The molecule has 2 aliphatic rings. The van der Waals surface area contributed by atoms with Crippen molar-refractivity contribution in [2.24, 2.45) is 0 Å². The minimum Gasteiger partial charge on any atom is -0.339 e. The fourth-order valence-corrected chi connectivity index (χ4v) is 3.92. The first-order valence-electron chi connectivity index (χ1n) is 10.4. The number of carbonyl (C=O) groups excluding carboxylic acids is 1. The summed E-state index contributed by atoms with van der Waals surface area (Å²) < 4.78 is 29.1. The molecule has 0 radical (unpaired) electrons. The maximum Gasteiger partial charge on any atom is 0.280 e. The molecule has 0 aromatic carbocycles. The van der Waals surface area contributed by atoms with Crippen LogP contribution < -0.4 is 10.2 Å². The van der Waals surface area contributed by atoms with Crippen molar-refractivity contribution in [2.75, 3.05) is 37.6 Å². The summed E-state index contributed by atoms with van der Waals surface area (Å²) in [6.45, 7) is 7.63. The summed E-state index contributed by atoms with van der Waals surface area (Å²) in [6.07, 6.45) is 1.99. The van der Waals surface area contributed by atoms with E-state index >= 15 is 0 Å². The van der Waals surface area contributed by atoms with Gasteiger partial charge in [0.1, 0.15) is 12.2 Å². The highest BCUT2D eigenvalue weighted by Gasteiger charge is 2.30. The average Bonchev–Trinajstić information content (AvgIpc) is 3.20. The van der Waals surface area contributed by atoms with Gasteiger partial charge in [0.2, 0.25) is 11.9 Å². The fraction of sp³-hybridized carbons (Fsp3) is 0.600. The van der Waals surface area contributed by atoms with E-state index in [1.165, 1.54) is 0 Å². The Hall–Kier alpha value is -2.62. The van der Waals surface area contributed by atoms with E-state index in [1.54, 1.807) is 22.0 Å². The molecule has 2 saturated heterocycles. The van der Waals surface area contributed by atoms with E-state index in [1.807, 2.05) is 18.7 Å². The van der Waals surface area contributed by atoms with Crippen LogP contribution in [0.5, 0.6) is 0 Å². The van der Waals surface area contributed by atoms with Crippen LogP contribution in [0.1, 0.15) is 38.0 Å². The molecule has 8 nitrogen and oxygen atoms in total. The second-order valence-corrected chi connectivity index (χ2v) is 7.78. The van der Waals surface area contributed by atoms with E-state index < -0.39 is 6.43 Å². The van der Waals surface area contributed by atoms with E-state index in [4.69, 9.17) is 0 Å². The van der Waals surface area contributed by atoms with Crippen molar-refractivity contribution in [3.8, 4) is 11.3 Å². The summed E-state index contributed by atoms with van der Waals surface area (Å²) in [5.74, 6) is 0.328. The highest BCUT2D eigenvalue weighted by molar-refractivity contribution is 5.76. The number of carbonyl (C=O) groups is 1. The quantitative estimate of drug-likeness (QED) is 0.770. The number of piperazine rings is 1. The summed E-state index contributed by atoms with van der Waals surface area (Å²) in [4.78, 5) is 25.1. The maximum atomic E-state index is 13.8. The van der Waals surface area contributed by atoms with Crippen LogP contribution in [0.25, 0.3) is 11.3 Å². The lowest BCUT2D eigenvalue weighted by Crippen LogP contribution is -2.47. The molecule has 2 aliphatic heterocycles. The Morgan fingerprint density at radius 2 is 2.03 bits per heavy atom. The molecule has 4 heterocycles. The highest BCUT2D eigenvalue weighted by atomic mass is 19.3. The number of anilines is 1. The number of hydrogen-bond donors (Lipinski definition) is 1. The Balaban J connectivity index is 1.63. The van der Waals surface area contributed by atoms with Crippen LogP contribution in [0.2, 0.25) is 0 Å². The molecular weight excluding hydrogens is 392 g/mol. The zero-order chi connectivity index (χ0) is 21.3. The molecule has 2 fully saturated rings. The van der Waals surface area contributed by atoms with Crippen molar-refractivity contribution >= 4 is 11.9 Å². The van der Waals surface area contributed by atoms with Crippen LogP contribution in [-0.4, -0.2) is 69.3 Å². The van der Waals surface area contributed by atoms with Crippen LogP contribution in [0.15, 0.2) is 12.4 Å². The van der Waals surface area contributed by atoms with Crippen molar-refractivity contribution in [3.05, 3.63) is 23.7 Å². The third kappa shape index (κ3) is 4.00. The zero-order valence-corrected chi connectivity index (χ0v) is 17.3. The average molecular weight is 419 g/mol. The van der Waals surface area contributed by atoms with Gasteiger partial charge in [-0.2, -0.15) is 5.10 Å². The molecule has 162 valence electrons. The predicted molar refractivity (Wildman–Crippen MR) is 108 cm³/mol. The minimum atomic E-state index is -2.68. The standard InChI is InChI=1S/C20H27F2N7O/c1-3-15-17(25-20(26-18(15)19(21)22)29-7-4-13(29)2)14-10-24-28(11-14)12-16(30)27-8-5-23-6-9-27/h10-11,13,19,23H,3-9,12H2,1-2H3/t13-/m0/s1. The summed E-state index contributed by atoms with van der Waals surface area (Å²) in [6, 6.07) is 0.232. The van der Waals surface area contributed by atoms with Gasteiger partial charge in [-0.05, 0) is 19.8 Å². The van der Waals surface area contributed by atoms with Gasteiger partial charge in [-0.1, -0.05) is 6.92 Å². The molecule has 0 unspecified atom stereocenters. The number of nitrogens with one attached hydrogen (secondary N) is 1. The largest absolute Gasteiger partial charge is 0.339 e. The van der Waals surface area contributed by atoms with Crippen LogP contribution in [0, 0.1) is 0 Å². The van der Waals surface area contributed by atoms with E-state index in [-0.39, 0.29) is 24.2 Å². The van der Waals surface area contributed by atoms with E-state index in [9.17, 15) is 13.6 Å². The summed E-state index contributed by atoms with van der Waals surface area (Å²) >= 11 is 0. The second kappa shape index (κ2) is 8.63. The molecule has 0 saturated carbocycles. The summed E-state index contributed by atoms with van der Waals surface area (Å²) in [5, 5.41) is 7.51.